The predicted molar refractivity (Wildman–Crippen MR) is 92.9 cm³/mol. The summed E-state index contributed by atoms with van der Waals surface area (Å²) < 4.78 is 0. The van der Waals surface area contributed by atoms with E-state index in [2.05, 4.69) is 0 Å². The van der Waals surface area contributed by atoms with Gasteiger partial charge in [0.05, 0.1) is 0 Å². The van der Waals surface area contributed by atoms with E-state index < -0.39 is 11.9 Å². The monoisotopic (exact) mass is 466 g/mol. The Bertz CT molecular complexity index is 787. The van der Waals surface area contributed by atoms with Crippen molar-refractivity contribution in [3.05, 3.63) is 59.7 Å². The molecule has 0 saturated heterocycles. The maximum absolute atomic E-state index is 10.1. The van der Waals surface area contributed by atoms with Gasteiger partial charge in [0.1, 0.15) is 0 Å². The predicted octanol–water partition coefficient (Wildman–Crippen LogP) is 2.39. The molecule has 0 spiro atoms. The fraction of sp³-hybridized carbons (Fsp3) is 0. The summed E-state index contributed by atoms with van der Waals surface area (Å²) in [5.41, 5.74) is 1.02. The number of carboxylic acid groups (broad SMARTS) is 2. The molecule has 2 aromatic rings. The number of aromatic hydroxyl groups is 4. The molecule has 2 aromatic carbocycles. The van der Waals surface area contributed by atoms with Gasteiger partial charge in [-0.1, -0.05) is 12.1 Å². The third-order valence-corrected chi connectivity index (χ3v) is 2.84. The van der Waals surface area contributed by atoms with E-state index in [0.29, 0.717) is 11.1 Å². The Balaban J connectivity index is 0.000000483. The number of hydrogen-bond acceptors (Lipinski definition) is 6. The van der Waals surface area contributed by atoms with Crippen molar-refractivity contribution in [1.82, 2.24) is 0 Å². The van der Waals surface area contributed by atoms with E-state index in [1.165, 1.54) is 48.6 Å². The Morgan fingerprint density at radius 2 is 0.963 bits per heavy atom. The molecule has 0 aliphatic rings. The number of carbonyl (C=O) groups is 2. The second-order valence-electron chi connectivity index (χ2n) is 4.84. The molecule has 0 radical (unpaired) electrons. The average molecular weight is 467 g/mol. The summed E-state index contributed by atoms with van der Waals surface area (Å²) in [5.74, 6) is -3.12. The standard InChI is InChI=1S/2C9H8O4.Pd/c2*10-7-3-1-6(5-8(7)11)2-4-9(12)13;/h2*1-5,10-11H,(H,12,13);/b2*4-2+;. The number of aliphatic carboxylic acids is 2. The fourth-order valence-corrected chi connectivity index (χ4v) is 1.62. The van der Waals surface area contributed by atoms with Crippen LogP contribution < -0.4 is 0 Å². The first-order valence-electron chi connectivity index (χ1n) is 7.05. The van der Waals surface area contributed by atoms with Gasteiger partial charge in [-0.3, -0.25) is 0 Å². The van der Waals surface area contributed by atoms with Crippen LogP contribution in [0.25, 0.3) is 12.2 Å². The number of carboxylic acids is 2. The first-order chi connectivity index (χ1) is 12.2. The molecule has 9 heteroatoms. The third-order valence-electron chi connectivity index (χ3n) is 2.84. The van der Waals surface area contributed by atoms with Crippen LogP contribution in [0.1, 0.15) is 11.1 Å². The Hall–Kier alpha value is -3.28. The first kappa shape index (κ1) is 23.7. The van der Waals surface area contributed by atoms with Crippen LogP contribution in [-0.2, 0) is 30.0 Å². The molecule has 0 heterocycles. The quantitative estimate of drug-likeness (QED) is 0.228. The first-order valence-corrected chi connectivity index (χ1v) is 7.05. The van der Waals surface area contributed by atoms with Crippen LogP contribution in [0.2, 0.25) is 0 Å². The van der Waals surface area contributed by atoms with Crippen molar-refractivity contribution in [2.45, 2.75) is 0 Å². The molecule has 0 aliphatic carbocycles. The van der Waals surface area contributed by atoms with Gasteiger partial charge in [-0.25, -0.2) is 9.59 Å². The topological polar surface area (TPSA) is 156 Å². The minimum Gasteiger partial charge on any atom is -0.504 e. The molecule has 146 valence electrons. The Kier molecular flexibility index (Phi) is 9.98. The smallest absolute Gasteiger partial charge is 0.328 e. The van der Waals surface area contributed by atoms with Crippen molar-refractivity contribution >= 4 is 24.1 Å². The van der Waals surface area contributed by atoms with Crippen molar-refractivity contribution in [2.24, 2.45) is 0 Å². The van der Waals surface area contributed by atoms with Crippen molar-refractivity contribution in [3.63, 3.8) is 0 Å². The van der Waals surface area contributed by atoms with Crippen LogP contribution in [-0.4, -0.2) is 42.6 Å². The van der Waals surface area contributed by atoms with Gasteiger partial charge < -0.3 is 30.6 Å². The molecule has 0 atom stereocenters. The zero-order valence-corrected chi connectivity index (χ0v) is 15.1. The Morgan fingerprint density at radius 1 is 0.630 bits per heavy atom. The number of phenolic OH excluding ortho intramolecular Hbond substituents is 4. The van der Waals surface area contributed by atoms with Crippen LogP contribution in [0.15, 0.2) is 48.6 Å². The summed E-state index contributed by atoms with van der Waals surface area (Å²) in [6.45, 7) is 0. The van der Waals surface area contributed by atoms with Crippen molar-refractivity contribution in [2.75, 3.05) is 0 Å². The molecule has 0 amide bonds. The molecule has 0 aliphatic heterocycles. The molecule has 0 aromatic heterocycles. The normalized spacial score (nSPS) is 10.1. The minimum absolute atomic E-state index is 0. The Morgan fingerprint density at radius 3 is 1.22 bits per heavy atom. The van der Waals surface area contributed by atoms with Crippen LogP contribution in [0.4, 0.5) is 0 Å². The molecule has 0 bridgehead atoms. The van der Waals surface area contributed by atoms with E-state index in [4.69, 9.17) is 30.6 Å². The maximum Gasteiger partial charge on any atom is 0.328 e. The van der Waals surface area contributed by atoms with Gasteiger partial charge in [-0.05, 0) is 47.5 Å². The van der Waals surface area contributed by atoms with Crippen LogP contribution >= 0.6 is 0 Å². The number of hydrogen-bond donors (Lipinski definition) is 6. The molecule has 27 heavy (non-hydrogen) atoms. The number of phenols is 4. The SMILES string of the molecule is O=C(O)/C=C/c1ccc(O)c(O)c1.O=C(O)/C=C/c1ccc(O)c(O)c1.[Pd]. The number of benzene rings is 2. The zero-order valence-electron chi connectivity index (χ0n) is 13.6. The van der Waals surface area contributed by atoms with E-state index >= 15 is 0 Å². The summed E-state index contributed by atoms with van der Waals surface area (Å²) in [5, 5.41) is 52.5. The third kappa shape index (κ3) is 9.11. The molecular weight excluding hydrogens is 451 g/mol. The summed E-state index contributed by atoms with van der Waals surface area (Å²) >= 11 is 0. The van der Waals surface area contributed by atoms with Gasteiger partial charge in [0, 0.05) is 32.6 Å². The second kappa shape index (κ2) is 11.4. The molecule has 2 rings (SSSR count). The maximum atomic E-state index is 10.1. The van der Waals surface area contributed by atoms with Crippen molar-refractivity contribution in [3.8, 4) is 23.0 Å². The average Bonchev–Trinajstić information content (AvgIpc) is 2.57. The van der Waals surface area contributed by atoms with E-state index in [1.54, 1.807) is 0 Å². The largest absolute Gasteiger partial charge is 0.504 e. The van der Waals surface area contributed by atoms with Gasteiger partial charge in [-0.2, -0.15) is 0 Å². The molecule has 8 nitrogen and oxygen atoms in total. The fourth-order valence-electron chi connectivity index (χ4n) is 1.62. The molecule has 0 unspecified atom stereocenters. The minimum atomic E-state index is -1.06. The van der Waals surface area contributed by atoms with E-state index in [1.807, 2.05) is 0 Å². The number of rotatable bonds is 4. The van der Waals surface area contributed by atoms with Crippen LogP contribution in [0.3, 0.4) is 0 Å². The zero-order chi connectivity index (χ0) is 19.7. The van der Waals surface area contributed by atoms with Crippen molar-refractivity contribution in [1.29, 1.82) is 0 Å². The van der Waals surface area contributed by atoms with Crippen LogP contribution in [0.5, 0.6) is 23.0 Å². The van der Waals surface area contributed by atoms with E-state index in [-0.39, 0.29) is 43.4 Å². The molecule has 0 fully saturated rings. The van der Waals surface area contributed by atoms with Crippen LogP contribution in [0, 0.1) is 0 Å². The van der Waals surface area contributed by atoms with Gasteiger partial charge >= 0.3 is 11.9 Å². The Labute approximate surface area is 167 Å². The van der Waals surface area contributed by atoms with E-state index in [9.17, 15) is 9.59 Å². The van der Waals surface area contributed by atoms with Gasteiger partial charge in [0.2, 0.25) is 0 Å². The molecule has 6 N–H and O–H groups in total. The second-order valence-corrected chi connectivity index (χ2v) is 4.84. The summed E-state index contributed by atoms with van der Waals surface area (Å²) in [7, 11) is 0. The van der Waals surface area contributed by atoms with Gasteiger partial charge in [0.15, 0.2) is 23.0 Å². The summed E-state index contributed by atoms with van der Waals surface area (Å²) in [6, 6.07) is 8.11. The van der Waals surface area contributed by atoms with Gasteiger partial charge in [-0.15, -0.1) is 0 Å². The van der Waals surface area contributed by atoms with Crippen molar-refractivity contribution < 1.29 is 60.7 Å². The summed E-state index contributed by atoms with van der Waals surface area (Å²) in [6.07, 6.45) is 4.54. The summed E-state index contributed by atoms with van der Waals surface area (Å²) in [4.78, 5) is 20.3. The van der Waals surface area contributed by atoms with E-state index in [0.717, 1.165) is 12.2 Å². The molecule has 0 saturated carbocycles. The molecular formula is C18H16O8Pd. The van der Waals surface area contributed by atoms with Gasteiger partial charge in [0.25, 0.3) is 0 Å².